The Labute approximate surface area is 107 Å². The molecule has 2 atom stereocenters. The molecule has 0 bridgehead atoms. The molecule has 1 aliphatic rings. The average Bonchev–Trinajstić information content (AvgIpc) is 2.47. The molecule has 0 spiro atoms. The lowest BCUT2D eigenvalue weighted by atomic mass is 9.80. The van der Waals surface area contributed by atoms with E-state index in [0.29, 0.717) is 0 Å². The van der Waals surface area contributed by atoms with E-state index in [1.807, 2.05) is 0 Å². The number of rotatable bonds is 2. The van der Waals surface area contributed by atoms with E-state index >= 15 is 0 Å². The maximum absolute atomic E-state index is 10.4. The fourth-order valence-electron chi connectivity index (χ4n) is 2.73. The number of fused-ring (bicyclic) bond motifs is 1. The van der Waals surface area contributed by atoms with Crippen molar-refractivity contribution in [2.24, 2.45) is 5.92 Å². The maximum atomic E-state index is 10.4. The van der Waals surface area contributed by atoms with Crippen molar-refractivity contribution in [2.45, 2.75) is 25.4 Å². The van der Waals surface area contributed by atoms with Crippen LogP contribution in [-0.2, 0) is 12.8 Å². The third-order valence-corrected chi connectivity index (χ3v) is 3.75. The van der Waals surface area contributed by atoms with E-state index in [9.17, 15) is 5.11 Å². The fourth-order valence-corrected chi connectivity index (χ4v) is 2.73. The summed E-state index contributed by atoms with van der Waals surface area (Å²) < 4.78 is 0. The van der Waals surface area contributed by atoms with E-state index in [1.165, 1.54) is 17.5 Å². The molecule has 3 nitrogen and oxygen atoms in total. The molecule has 1 aliphatic carbocycles. The van der Waals surface area contributed by atoms with E-state index in [-0.39, 0.29) is 5.92 Å². The summed E-state index contributed by atoms with van der Waals surface area (Å²) in [5.41, 5.74) is 3.61. The maximum Gasteiger partial charge on any atom is 0.115 e. The molecule has 92 valence electrons. The van der Waals surface area contributed by atoms with Crippen molar-refractivity contribution >= 4 is 0 Å². The van der Waals surface area contributed by atoms with Crippen LogP contribution in [0.5, 0.6) is 0 Å². The predicted molar refractivity (Wildman–Crippen MR) is 68.9 cm³/mol. The molecular formula is C15H16N2O. The van der Waals surface area contributed by atoms with Gasteiger partial charge in [-0.25, -0.2) is 9.97 Å². The third kappa shape index (κ3) is 2.14. The highest BCUT2D eigenvalue weighted by atomic mass is 16.3. The van der Waals surface area contributed by atoms with Gasteiger partial charge in [0, 0.05) is 18.0 Å². The third-order valence-electron chi connectivity index (χ3n) is 3.75. The molecule has 1 aromatic carbocycles. The predicted octanol–water partition coefficient (Wildman–Crippen LogP) is 2.32. The minimum Gasteiger partial charge on any atom is -0.388 e. The van der Waals surface area contributed by atoms with Gasteiger partial charge in [-0.3, -0.25) is 0 Å². The molecule has 3 rings (SSSR count). The summed E-state index contributed by atoms with van der Waals surface area (Å²) in [7, 11) is 0. The van der Waals surface area contributed by atoms with Crippen LogP contribution in [0.2, 0.25) is 0 Å². The number of aromatic nitrogens is 2. The number of benzene rings is 1. The first-order chi connectivity index (χ1) is 8.84. The monoisotopic (exact) mass is 240 g/mol. The topological polar surface area (TPSA) is 46.0 Å². The molecule has 0 fully saturated rings. The first kappa shape index (κ1) is 11.4. The number of aryl methyl sites for hydroxylation is 1. The molecule has 2 aromatic rings. The summed E-state index contributed by atoms with van der Waals surface area (Å²) in [5, 5.41) is 10.4. The number of hydrogen-bond donors (Lipinski definition) is 1. The molecule has 0 amide bonds. The van der Waals surface area contributed by atoms with Crippen LogP contribution < -0.4 is 0 Å². The highest BCUT2D eigenvalue weighted by molar-refractivity contribution is 5.30. The van der Waals surface area contributed by atoms with E-state index in [4.69, 9.17) is 0 Å². The zero-order valence-corrected chi connectivity index (χ0v) is 10.2. The van der Waals surface area contributed by atoms with Gasteiger partial charge in [0.25, 0.3) is 0 Å². The van der Waals surface area contributed by atoms with Crippen molar-refractivity contribution in [2.75, 3.05) is 0 Å². The second-order valence-corrected chi connectivity index (χ2v) is 4.89. The second kappa shape index (κ2) is 4.86. The van der Waals surface area contributed by atoms with Gasteiger partial charge in [0.15, 0.2) is 0 Å². The highest BCUT2D eigenvalue weighted by Crippen LogP contribution is 2.33. The second-order valence-electron chi connectivity index (χ2n) is 4.89. The summed E-state index contributed by atoms with van der Waals surface area (Å²) in [6.45, 7) is 0. The first-order valence-corrected chi connectivity index (χ1v) is 6.34. The van der Waals surface area contributed by atoms with Gasteiger partial charge in [-0.15, -0.1) is 0 Å². The molecule has 0 saturated heterocycles. The van der Waals surface area contributed by atoms with Crippen LogP contribution in [0.25, 0.3) is 0 Å². The molecule has 3 heteroatoms. The normalized spacial score (nSPS) is 20.2. The molecule has 0 saturated carbocycles. The van der Waals surface area contributed by atoms with E-state index in [2.05, 4.69) is 34.2 Å². The van der Waals surface area contributed by atoms with E-state index in [0.717, 1.165) is 24.8 Å². The quantitative estimate of drug-likeness (QED) is 0.876. The summed E-state index contributed by atoms with van der Waals surface area (Å²) in [6.07, 6.45) is 7.45. The number of hydrogen-bond acceptors (Lipinski definition) is 3. The average molecular weight is 240 g/mol. The number of nitrogens with zero attached hydrogens (tertiary/aromatic N) is 2. The Balaban J connectivity index is 1.80. The van der Waals surface area contributed by atoms with Gasteiger partial charge in [-0.05, 0) is 36.3 Å². The zero-order chi connectivity index (χ0) is 12.4. The summed E-state index contributed by atoms with van der Waals surface area (Å²) >= 11 is 0. The Hall–Kier alpha value is -1.74. The molecule has 2 unspecified atom stereocenters. The Morgan fingerprint density at radius 1 is 1.11 bits per heavy atom. The lowest BCUT2D eigenvalue weighted by Gasteiger charge is -2.28. The number of aliphatic hydroxyl groups excluding tert-OH is 1. The van der Waals surface area contributed by atoms with Gasteiger partial charge < -0.3 is 5.11 Å². The smallest absolute Gasteiger partial charge is 0.115 e. The molecular weight excluding hydrogens is 224 g/mol. The van der Waals surface area contributed by atoms with Crippen LogP contribution in [0, 0.1) is 5.92 Å². The van der Waals surface area contributed by atoms with Gasteiger partial charge >= 0.3 is 0 Å². The van der Waals surface area contributed by atoms with Crippen molar-refractivity contribution in [3.8, 4) is 0 Å². The Kier molecular flexibility index (Phi) is 3.07. The van der Waals surface area contributed by atoms with Crippen LogP contribution in [0.15, 0.2) is 43.0 Å². The standard InChI is InChI=1S/C15H16N2O/c18-15(14-8-16-10-17-9-14)13-6-5-11-3-1-2-4-12(11)7-13/h1-4,8-10,13,15,18H,5-7H2. The van der Waals surface area contributed by atoms with Crippen molar-refractivity contribution in [1.82, 2.24) is 9.97 Å². The van der Waals surface area contributed by atoms with E-state index in [1.54, 1.807) is 12.4 Å². The van der Waals surface area contributed by atoms with Crippen LogP contribution >= 0.6 is 0 Å². The Morgan fingerprint density at radius 3 is 2.61 bits per heavy atom. The van der Waals surface area contributed by atoms with Gasteiger partial charge in [0.05, 0.1) is 6.10 Å². The Bertz CT molecular complexity index is 527. The number of aliphatic hydroxyl groups is 1. The van der Waals surface area contributed by atoms with E-state index < -0.39 is 6.10 Å². The highest BCUT2D eigenvalue weighted by Gasteiger charge is 2.25. The molecule has 1 N–H and O–H groups in total. The van der Waals surface area contributed by atoms with Gasteiger partial charge in [0.2, 0.25) is 0 Å². The van der Waals surface area contributed by atoms with Crippen LogP contribution in [0.4, 0.5) is 0 Å². The van der Waals surface area contributed by atoms with Gasteiger partial charge in [-0.2, -0.15) is 0 Å². The van der Waals surface area contributed by atoms with Crippen molar-refractivity contribution < 1.29 is 5.11 Å². The van der Waals surface area contributed by atoms with Crippen LogP contribution in [0.3, 0.4) is 0 Å². The van der Waals surface area contributed by atoms with Crippen molar-refractivity contribution in [1.29, 1.82) is 0 Å². The molecule has 1 heterocycles. The molecule has 1 aromatic heterocycles. The minimum atomic E-state index is -0.459. The van der Waals surface area contributed by atoms with Crippen LogP contribution in [-0.4, -0.2) is 15.1 Å². The van der Waals surface area contributed by atoms with Gasteiger partial charge in [0.1, 0.15) is 6.33 Å². The largest absolute Gasteiger partial charge is 0.388 e. The zero-order valence-electron chi connectivity index (χ0n) is 10.2. The molecule has 0 aliphatic heterocycles. The molecule has 18 heavy (non-hydrogen) atoms. The minimum absolute atomic E-state index is 0.269. The van der Waals surface area contributed by atoms with Crippen LogP contribution in [0.1, 0.15) is 29.2 Å². The van der Waals surface area contributed by atoms with Crippen molar-refractivity contribution in [3.63, 3.8) is 0 Å². The summed E-state index contributed by atoms with van der Waals surface area (Å²) in [6, 6.07) is 8.50. The van der Waals surface area contributed by atoms with Gasteiger partial charge in [-0.1, -0.05) is 24.3 Å². The SMILES string of the molecule is OC(c1cncnc1)C1CCc2ccccc2C1. The summed E-state index contributed by atoms with van der Waals surface area (Å²) in [4.78, 5) is 7.95. The first-order valence-electron chi connectivity index (χ1n) is 6.34. The fraction of sp³-hybridized carbons (Fsp3) is 0.333. The Morgan fingerprint density at radius 2 is 1.83 bits per heavy atom. The molecule has 0 radical (unpaired) electrons. The lowest BCUT2D eigenvalue weighted by molar-refractivity contribution is 0.0988. The lowest BCUT2D eigenvalue weighted by Crippen LogP contribution is -2.21. The summed E-state index contributed by atoms with van der Waals surface area (Å²) in [5.74, 6) is 0.269. The van der Waals surface area contributed by atoms with Crippen molar-refractivity contribution in [3.05, 3.63) is 59.7 Å².